The molecule has 0 unspecified atom stereocenters. The van der Waals surface area contributed by atoms with Gasteiger partial charge in [0, 0.05) is 5.56 Å². The van der Waals surface area contributed by atoms with E-state index in [4.69, 9.17) is 11.6 Å². The van der Waals surface area contributed by atoms with E-state index in [0.717, 1.165) is 16.2 Å². The predicted octanol–water partition coefficient (Wildman–Crippen LogP) is 3.22. The molecule has 3 heterocycles. The van der Waals surface area contributed by atoms with Gasteiger partial charge in [0.05, 0.1) is 14.4 Å². The summed E-state index contributed by atoms with van der Waals surface area (Å²) in [5.41, 5.74) is -0.145. The zero-order valence-electron chi connectivity index (χ0n) is 11.4. The minimum absolute atomic E-state index is 0.189. The van der Waals surface area contributed by atoms with Gasteiger partial charge in [-0.15, -0.1) is 16.4 Å². The van der Waals surface area contributed by atoms with Gasteiger partial charge in [0.15, 0.2) is 5.82 Å². The second-order valence-corrected chi connectivity index (χ2v) is 7.02. The lowest BCUT2D eigenvalue weighted by atomic mass is 10.2. The third-order valence-corrected chi connectivity index (χ3v) is 5.35. The van der Waals surface area contributed by atoms with Gasteiger partial charge < -0.3 is 0 Å². The first-order chi connectivity index (χ1) is 11.1. The molecule has 0 bridgehead atoms. The summed E-state index contributed by atoms with van der Waals surface area (Å²) in [4.78, 5) is 18.1. The number of thiazole rings is 1. The molecule has 0 saturated carbocycles. The van der Waals surface area contributed by atoms with Crippen molar-refractivity contribution in [2.45, 2.75) is 0 Å². The Bertz CT molecular complexity index is 1100. The third kappa shape index (κ3) is 2.46. The van der Waals surface area contributed by atoms with Crippen LogP contribution in [0.1, 0.15) is 5.56 Å². The molecule has 4 nitrogen and oxygen atoms in total. The van der Waals surface area contributed by atoms with Crippen LogP contribution in [0.2, 0.25) is 5.02 Å². The molecule has 114 valence electrons. The van der Waals surface area contributed by atoms with E-state index in [2.05, 4.69) is 10.1 Å². The van der Waals surface area contributed by atoms with Crippen molar-refractivity contribution >= 4 is 45.3 Å². The normalized spacial score (nSPS) is 12.3. The molecule has 1 aromatic carbocycles. The van der Waals surface area contributed by atoms with Crippen LogP contribution in [0, 0.1) is 5.82 Å². The molecule has 0 aliphatic heterocycles. The van der Waals surface area contributed by atoms with E-state index < -0.39 is 5.82 Å². The van der Waals surface area contributed by atoms with E-state index in [1.807, 2.05) is 17.5 Å². The third-order valence-electron chi connectivity index (χ3n) is 3.20. The maximum absolute atomic E-state index is 13.8. The standard InChI is InChI=1S/C15H7ClFN3OS2/c16-9-3-1-4-10(17)8(9)7-12-14(21)20-15(23-12)18-13(19-20)11-5-2-6-22-11/h1-7H/b12-7+. The summed E-state index contributed by atoms with van der Waals surface area (Å²) in [6.07, 6.45) is 1.44. The average Bonchev–Trinajstić information content (AvgIpc) is 3.22. The topological polar surface area (TPSA) is 47.3 Å². The van der Waals surface area contributed by atoms with Crippen LogP contribution >= 0.6 is 34.3 Å². The zero-order valence-corrected chi connectivity index (χ0v) is 13.8. The van der Waals surface area contributed by atoms with E-state index in [9.17, 15) is 9.18 Å². The van der Waals surface area contributed by atoms with E-state index in [1.165, 1.54) is 34.1 Å². The van der Waals surface area contributed by atoms with E-state index in [0.29, 0.717) is 15.3 Å². The van der Waals surface area contributed by atoms with E-state index in [1.54, 1.807) is 6.07 Å². The SMILES string of the molecule is O=c1/c(=C\c2c(F)cccc2Cl)sc2nc(-c3cccs3)nn12. The lowest BCUT2D eigenvalue weighted by Gasteiger charge is -1.97. The summed E-state index contributed by atoms with van der Waals surface area (Å²) in [7, 11) is 0. The highest BCUT2D eigenvalue weighted by atomic mass is 35.5. The van der Waals surface area contributed by atoms with Gasteiger partial charge in [0.25, 0.3) is 5.56 Å². The van der Waals surface area contributed by atoms with Gasteiger partial charge in [-0.1, -0.05) is 35.1 Å². The van der Waals surface area contributed by atoms with Crippen molar-refractivity contribution in [1.29, 1.82) is 0 Å². The minimum atomic E-state index is -0.477. The molecule has 0 amide bonds. The van der Waals surface area contributed by atoms with E-state index in [-0.39, 0.29) is 16.1 Å². The number of fused-ring (bicyclic) bond motifs is 1. The number of rotatable bonds is 2. The van der Waals surface area contributed by atoms with Crippen molar-refractivity contribution in [1.82, 2.24) is 14.6 Å². The fraction of sp³-hybridized carbons (Fsp3) is 0. The van der Waals surface area contributed by atoms with Crippen molar-refractivity contribution in [2.24, 2.45) is 0 Å². The molecule has 0 aliphatic carbocycles. The minimum Gasteiger partial charge on any atom is -0.266 e. The molecule has 0 radical (unpaired) electrons. The molecule has 3 aromatic heterocycles. The summed E-state index contributed by atoms with van der Waals surface area (Å²) in [6.45, 7) is 0. The quantitative estimate of drug-likeness (QED) is 0.549. The molecule has 0 N–H and O–H groups in total. The van der Waals surface area contributed by atoms with Crippen molar-refractivity contribution in [2.75, 3.05) is 0 Å². The Balaban J connectivity index is 1.90. The maximum atomic E-state index is 13.8. The zero-order chi connectivity index (χ0) is 16.0. The van der Waals surface area contributed by atoms with Crippen LogP contribution < -0.4 is 10.1 Å². The summed E-state index contributed by atoms with van der Waals surface area (Å²) < 4.78 is 15.4. The Morgan fingerprint density at radius 3 is 2.83 bits per heavy atom. The van der Waals surface area contributed by atoms with Crippen LogP contribution in [0.15, 0.2) is 40.5 Å². The summed E-state index contributed by atoms with van der Waals surface area (Å²) in [5, 5.41) is 6.40. The van der Waals surface area contributed by atoms with Gasteiger partial charge in [-0.25, -0.2) is 4.39 Å². The average molecular weight is 364 g/mol. The van der Waals surface area contributed by atoms with Crippen LogP contribution in [0.5, 0.6) is 0 Å². The summed E-state index contributed by atoms with van der Waals surface area (Å²) >= 11 is 8.65. The number of hydrogen-bond donors (Lipinski definition) is 0. The Hall–Kier alpha value is -2.09. The highest BCUT2D eigenvalue weighted by Crippen LogP contribution is 2.22. The van der Waals surface area contributed by atoms with Gasteiger partial charge in [0.2, 0.25) is 4.96 Å². The predicted molar refractivity (Wildman–Crippen MR) is 90.6 cm³/mol. The number of thiophene rings is 1. The van der Waals surface area contributed by atoms with Crippen LogP contribution in [-0.4, -0.2) is 14.6 Å². The molecule has 0 atom stereocenters. The number of halogens is 2. The first-order valence-corrected chi connectivity index (χ1v) is 8.60. The van der Waals surface area contributed by atoms with Gasteiger partial charge in [-0.3, -0.25) is 4.79 Å². The lowest BCUT2D eigenvalue weighted by Crippen LogP contribution is -2.23. The monoisotopic (exact) mass is 363 g/mol. The number of benzene rings is 1. The first-order valence-electron chi connectivity index (χ1n) is 6.52. The number of hydrogen-bond acceptors (Lipinski definition) is 5. The molecule has 0 fully saturated rings. The van der Waals surface area contributed by atoms with Crippen LogP contribution in [0.25, 0.3) is 21.7 Å². The highest BCUT2D eigenvalue weighted by molar-refractivity contribution is 7.15. The van der Waals surface area contributed by atoms with Crippen molar-refractivity contribution in [3.8, 4) is 10.7 Å². The van der Waals surface area contributed by atoms with Crippen LogP contribution in [0.4, 0.5) is 4.39 Å². The van der Waals surface area contributed by atoms with Gasteiger partial charge in [-0.2, -0.15) is 9.50 Å². The van der Waals surface area contributed by atoms with Crippen molar-refractivity contribution in [3.05, 3.63) is 67.0 Å². The molecule has 0 aliphatic rings. The maximum Gasteiger partial charge on any atom is 0.291 e. The Labute approximate surface area is 142 Å². The lowest BCUT2D eigenvalue weighted by molar-refractivity contribution is 0.625. The van der Waals surface area contributed by atoms with Crippen LogP contribution in [-0.2, 0) is 0 Å². The highest BCUT2D eigenvalue weighted by Gasteiger charge is 2.13. The number of nitrogens with zero attached hydrogens (tertiary/aromatic N) is 3. The van der Waals surface area contributed by atoms with Gasteiger partial charge in [0.1, 0.15) is 5.82 Å². The first kappa shape index (κ1) is 14.5. The second kappa shape index (κ2) is 5.52. The fourth-order valence-corrected chi connectivity index (χ4v) is 3.88. The van der Waals surface area contributed by atoms with Crippen molar-refractivity contribution < 1.29 is 4.39 Å². The Morgan fingerprint density at radius 2 is 2.13 bits per heavy atom. The largest absolute Gasteiger partial charge is 0.291 e. The number of aromatic nitrogens is 3. The Morgan fingerprint density at radius 1 is 1.26 bits per heavy atom. The van der Waals surface area contributed by atoms with Gasteiger partial charge in [-0.05, 0) is 29.7 Å². The van der Waals surface area contributed by atoms with Crippen molar-refractivity contribution in [3.63, 3.8) is 0 Å². The van der Waals surface area contributed by atoms with E-state index >= 15 is 0 Å². The summed E-state index contributed by atoms with van der Waals surface area (Å²) in [6, 6.07) is 8.18. The smallest absolute Gasteiger partial charge is 0.266 e. The molecule has 0 saturated heterocycles. The Kier molecular flexibility index (Phi) is 3.48. The molecule has 23 heavy (non-hydrogen) atoms. The van der Waals surface area contributed by atoms with Gasteiger partial charge >= 0.3 is 0 Å². The molecular weight excluding hydrogens is 357 g/mol. The molecule has 8 heteroatoms. The van der Waals surface area contributed by atoms with Crippen LogP contribution in [0.3, 0.4) is 0 Å². The summed E-state index contributed by atoms with van der Waals surface area (Å²) in [5.74, 6) is 0.0361. The molecular formula is C15H7ClFN3OS2. The molecule has 0 spiro atoms. The fourth-order valence-electron chi connectivity index (χ4n) is 2.12. The molecule has 4 aromatic rings. The second-order valence-electron chi connectivity index (χ2n) is 4.66. The molecule has 4 rings (SSSR count).